The van der Waals surface area contributed by atoms with Gasteiger partial charge in [-0.1, -0.05) is 84.9 Å². The third kappa shape index (κ3) is 3.15. The highest BCUT2D eigenvalue weighted by molar-refractivity contribution is 7.99. The van der Waals surface area contributed by atoms with E-state index in [0.717, 1.165) is 0 Å². The molecule has 0 saturated heterocycles. The number of hydrogen-bond donors (Lipinski definition) is 0. The highest BCUT2D eigenvalue weighted by Crippen LogP contribution is 2.34. The quantitative estimate of drug-likeness (QED) is 0.267. The maximum absolute atomic E-state index is 2.25. The van der Waals surface area contributed by atoms with Gasteiger partial charge in [-0.3, -0.25) is 0 Å². The van der Waals surface area contributed by atoms with Crippen LogP contribution in [0.5, 0.6) is 0 Å². The number of benzene rings is 4. The van der Waals surface area contributed by atoms with Gasteiger partial charge >= 0.3 is 0 Å². The lowest BCUT2D eigenvalue weighted by atomic mass is 10.0. The maximum Gasteiger partial charge on any atom is 0.0220 e. The Morgan fingerprint density at radius 3 is 1.38 bits per heavy atom. The van der Waals surface area contributed by atoms with Gasteiger partial charge in [0.25, 0.3) is 0 Å². The van der Waals surface area contributed by atoms with Gasteiger partial charge in [-0.05, 0) is 45.2 Å². The van der Waals surface area contributed by atoms with Gasteiger partial charge < -0.3 is 0 Å². The molecular formula is C24H20S2. The van der Waals surface area contributed by atoms with Crippen LogP contribution in [0.1, 0.15) is 11.1 Å². The summed E-state index contributed by atoms with van der Waals surface area (Å²) in [6.07, 6.45) is 8.81. The molecule has 4 rings (SSSR count). The monoisotopic (exact) mass is 372 g/mol. The van der Waals surface area contributed by atoms with Crippen molar-refractivity contribution in [3.63, 3.8) is 0 Å². The minimum absolute atomic E-state index is 1.27. The van der Waals surface area contributed by atoms with Crippen LogP contribution in [-0.2, 0) is 0 Å². The molecule has 0 bridgehead atoms. The fourth-order valence-electron chi connectivity index (χ4n) is 3.42. The normalized spacial score (nSPS) is 11.6. The Morgan fingerprint density at radius 1 is 0.538 bits per heavy atom. The molecule has 0 aliphatic heterocycles. The average Bonchev–Trinajstić information content (AvgIpc) is 2.71. The van der Waals surface area contributed by atoms with Crippen molar-refractivity contribution < 1.29 is 0 Å². The molecule has 2 heteroatoms. The summed E-state index contributed by atoms with van der Waals surface area (Å²) in [4.78, 5) is 2.68. The van der Waals surface area contributed by atoms with Crippen LogP contribution in [-0.4, -0.2) is 12.5 Å². The first-order valence-corrected chi connectivity index (χ1v) is 11.1. The highest BCUT2D eigenvalue weighted by Gasteiger charge is 2.07. The first kappa shape index (κ1) is 17.3. The molecule has 0 fully saturated rings. The Kier molecular flexibility index (Phi) is 5.05. The summed E-state index contributed by atoms with van der Waals surface area (Å²) in [6.45, 7) is 0. The summed E-state index contributed by atoms with van der Waals surface area (Å²) in [6, 6.07) is 26.1. The lowest BCUT2D eigenvalue weighted by Crippen LogP contribution is -1.85. The van der Waals surface area contributed by atoms with Gasteiger partial charge in [0, 0.05) is 9.79 Å². The van der Waals surface area contributed by atoms with E-state index in [-0.39, 0.29) is 0 Å². The molecule has 4 aromatic carbocycles. The van der Waals surface area contributed by atoms with Crippen molar-refractivity contribution in [2.24, 2.45) is 0 Å². The standard InChI is InChI=1S/C24H20S2/c1-25-23-19(13-11-17-7-3-5-9-21(17)23)15-16-20-14-12-18-8-4-6-10-22(18)24(20)26-2/h3-16H,1-2H3/b16-15+. The van der Waals surface area contributed by atoms with E-state index in [9.17, 15) is 0 Å². The summed E-state index contributed by atoms with van der Waals surface area (Å²) in [5.74, 6) is 0. The predicted octanol–water partition coefficient (Wildman–Crippen LogP) is 7.61. The number of thioether (sulfide) groups is 2. The van der Waals surface area contributed by atoms with Crippen molar-refractivity contribution in [1.29, 1.82) is 0 Å². The zero-order valence-electron chi connectivity index (χ0n) is 14.9. The third-order valence-electron chi connectivity index (χ3n) is 4.67. The van der Waals surface area contributed by atoms with Gasteiger partial charge in [-0.25, -0.2) is 0 Å². The molecule has 0 saturated carbocycles. The van der Waals surface area contributed by atoms with Crippen LogP contribution in [0.25, 0.3) is 33.7 Å². The maximum atomic E-state index is 2.25. The van der Waals surface area contributed by atoms with Crippen LogP contribution in [0.4, 0.5) is 0 Å². The lowest BCUT2D eigenvalue weighted by Gasteiger charge is -2.10. The van der Waals surface area contributed by atoms with Crippen LogP contribution in [0.15, 0.2) is 82.6 Å². The molecule has 0 unspecified atom stereocenters. The largest absolute Gasteiger partial charge is 0.128 e. The van der Waals surface area contributed by atoms with Crippen molar-refractivity contribution in [3.05, 3.63) is 83.9 Å². The molecular weight excluding hydrogens is 352 g/mol. The smallest absolute Gasteiger partial charge is 0.0220 e. The van der Waals surface area contributed by atoms with Crippen molar-refractivity contribution in [3.8, 4) is 0 Å². The number of fused-ring (bicyclic) bond motifs is 2. The van der Waals surface area contributed by atoms with E-state index in [1.165, 1.54) is 42.5 Å². The second kappa shape index (κ2) is 7.61. The Morgan fingerprint density at radius 2 is 0.962 bits per heavy atom. The van der Waals surface area contributed by atoms with Gasteiger partial charge in [0.2, 0.25) is 0 Å². The predicted molar refractivity (Wildman–Crippen MR) is 120 cm³/mol. The van der Waals surface area contributed by atoms with E-state index in [0.29, 0.717) is 0 Å². The lowest BCUT2D eigenvalue weighted by molar-refractivity contribution is 1.48. The zero-order chi connectivity index (χ0) is 17.9. The van der Waals surface area contributed by atoms with Gasteiger partial charge in [-0.15, -0.1) is 23.5 Å². The van der Waals surface area contributed by atoms with E-state index in [1.54, 1.807) is 0 Å². The van der Waals surface area contributed by atoms with Crippen molar-refractivity contribution >= 4 is 57.2 Å². The molecule has 0 aromatic heterocycles. The van der Waals surface area contributed by atoms with Gasteiger partial charge in [0.05, 0.1) is 0 Å². The SMILES string of the molecule is CSc1c(/C=C/c2ccc3ccccc3c2SC)ccc2ccccc12. The molecule has 0 heterocycles. The summed E-state index contributed by atoms with van der Waals surface area (Å²) in [5.41, 5.74) is 2.55. The second-order valence-corrected chi connectivity index (χ2v) is 7.78. The molecule has 0 N–H and O–H groups in total. The molecule has 0 aliphatic carbocycles. The Labute approximate surface area is 163 Å². The number of rotatable bonds is 4. The topological polar surface area (TPSA) is 0 Å². The Hall–Kier alpha value is -2.16. The molecule has 0 atom stereocenters. The van der Waals surface area contributed by atoms with Crippen LogP contribution < -0.4 is 0 Å². The van der Waals surface area contributed by atoms with E-state index in [1.807, 2.05) is 23.5 Å². The van der Waals surface area contributed by atoms with Crippen LogP contribution in [0.2, 0.25) is 0 Å². The molecule has 0 amide bonds. The Bertz CT molecular complexity index is 1020. The van der Waals surface area contributed by atoms with Crippen LogP contribution in [0, 0.1) is 0 Å². The summed E-state index contributed by atoms with van der Waals surface area (Å²) >= 11 is 3.63. The van der Waals surface area contributed by atoms with Crippen molar-refractivity contribution in [2.45, 2.75) is 9.79 Å². The molecule has 0 spiro atoms. The minimum Gasteiger partial charge on any atom is -0.128 e. The third-order valence-corrected chi connectivity index (χ3v) is 6.40. The first-order chi connectivity index (χ1) is 12.8. The van der Waals surface area contributed by atoms with Crippen LogP contribution >= 0.6 is 23.5 Å². The van der Waals surface area contributed by atoms with Crippen molar-refractivity contribution in [2.75, 3.05) is 12.5 Å². The van der Waals surface area contributed by atoms with Crippen LogP contribution in [0.3, 0.4) is 0 Å². The minimum atomic E-state index is 1.27. The molecule has 26 heavy (non-hydrogen) atoms. The molecule has 0 aliphatic rings. The molecule has 4 aromatic rings. The number of hydrogen-bond acceptors (Lipinski definition) is 2. The fraction of sp³-hybridized carbons (Fsp3) is 0.0833. The molecule has 0 radical (unpaired) electrons. The van der Waals surface area contributed by atoms with E-state index in [2.05, 4.69) is 97.5 Å². The van der Waals surface area contributed by atoms with E-state index in [4.69, 9.17) is 0 Å². The molecule has 128 valence electrons. The van der Waals surface area contributed by atoms with Crippen molar-refractivity contribution in [1.82, 2.24) is 0 Å². The summed E-state index contributed by atoms with van der Waals surface area (Å²) in [5, 5.41) is 5.24. The van der Waals surface area contributed by atoms with E-state index < -0.39 is 0 Å². The Balaban J connectivity index is 1.82. The second-order valence-electron chi connectivity index (χ2n) is 6.15. The average molecular weight is 373 g/mol. The van der Waals surface area contributed by atoms with Gasteiger partial charge in [-0.2, -0.15) is 0 Å². The van der Waals surface area contributed by atoms with Gasteiger partial charge in [0.15, 0.2) is 0 Å². The first-order valence-electron chi connectivity index (χ1n) is 8.61. The zero-order valence-corrected chi connectivity index (χ0v) is 16.5. The molecule has 0 nitrogen and oxygen atoms in total. The van der Waals surface area contributed by atoms with E-state index >= 15 is 0 Å². The fourth-order valence-corrected chi connectivity index (χ4v) is 4.97. The summed E-state index contributed by atoms with van der Waals surface area (Å²) in [7, 11) is 0. The van der Waals surface area contributed by atoms with Gasteiger partial charge in [0.1, 0.15) is 0 Å². The summed E-state index contributed by atoms with van der Waals surface area (Å²) < 4.78 is 0. The highest BCUT2D eigenvalue weighted by atomic mass is 32.2.